The SMILES string of the molecule is C[CH]CC(C=Nc1ccccc1)C(C)C. The first-order chi connectivity index (χ1) is 7.24. The summed E-state index contributed by atoms with van der Waals surface area (Å²) >= 11 is 0. The summed E-state index contributed by atoms with van der Waals surface area (Å²) in [5.74, 6) is 1.20. The Morgan fingerprint density at radius 3 is 2.40 bits per heavy atom. The van der Waals surface area contributed by atoms with E-state index >= 15 is 0 Å². The summed E-state index contributed by atoms with van der Waals surface area (Å²) in [6, 6.07) is 10.1. The van der Waals surface area contributed by atoms with Gasteiger partial charge in [0.15, 0.2) is 0 Å². The predicted molar refractivity (Wildman–Crippen MR) is 67.5 cm³/mol. The highest BCUT2D eigenvalue weighted by Crippen LogP contribution is 2.17. The Bertz CT molecular complexity index is 287. The van der Waals surface area contributed by atoms with Crippen molar-refractivity contribution in [1.29, 1.82) is 0 Å². The molecule has 1 atom stereocenters. The number of aliphatic imine (C=N–C) groups is 1. The fourth-order valence-corrected chi connectivity index (χ4v) is 1.47. The van der Waals surface area contributed by atoms with Crippen LogP contribution in [-0.2, 0) is 0 Å². The molecule has 1 nitrogen and oxygen atoms in total. The Morgan fingerprint density at radius 2 is 1.87 bits per heavy atom. The van der Waals surface area contributed by atoms with Gasteiger partial charge in [-0.3, -0.25) is 4.99 Å². The minimum atomic E-state index is 0.551. The third-order valence-corrected chi connectivity index (χ3v) is 2.54. The van der Waals surface area contributed by atoms with Gasteiger partial charge in [0.05, 0.1) is 5.69 Å². The van der Waals surface area contributed by atoms with Gasteiger partial charge in [0.1, 0.15) is 0 Å². The predicted octanol–water partition coefficient (Wildman–Crippen LogP) is 4.28. The van der Waals surface area contributed by atoms with Crippen LogP contribution in [0, 0.1) is 18.3 Å². The summed E-state index contributed by atoms with van der Waals surface area (Å²) in [7, 11) is 0. The van der Waals surface area contributed by atoms with E-state index in [0.29, 0.717) is 11.8 Å². The van der Waals surface area contributed by atoms with Crippen LogP contribution in [0.3, 0.4) is 0 Å². The number of rotatable bonds is 5. The fourth-order valence-electron chi connectivity index (χ4n) is 1.47. The third kappa shape index (κ3) is 4.28. The van der Waals surface area contributed by atoms with Crippen molar-refractivity contribution in [3.63, 3.8) is 0 Å². The Balaban J connectivity index is 2.61. The zero-order valence-corrected chi connectivity index (χ0v) is 9.85. The Morgan fingerprint density at radius 1 is 1.20 bits per heavy atom. The van der Waals surface area contributed by atoms with Gasteiger partial charge in [-0.15, -0.1) is 0 Å². The van der Waals surface area contributed by atoms with Crippen molar-refractivity contribution in [2.75, 3.05) is 0 Å². The van der Waals surface area contributed by atoms with Gasteiger partial charge in [-0.2, -0.15) is 0 Å². The molecule has 1 unspecified atom stereocenters. The lowest BCUT2D eigenvalue weighted by Crippen LogP contribution is -2.09. The molecule has 1 radical (unpaired) electrons. The molecule has 1 heteroatoms. The monoisotopic (exact) mass is 202 g/mol. The molecular weight excluding hydrogens is 182 g/mol. The Labute approximate surface area is 93.2 Å². The van der Waals surface area contributed by atoms with Gasteiger partial charge in [0, 0.05) is 6.21 Å². The van der Waals surface area contributed by atoms with Crippen LogP contribution in [0.25, 0.3) is 0 Å². The second-order valence-corrected chi connectivity index (χ2v) is 4.17. The van der Waals surface area contributed by atoms with Crippen molar-refractivity contribution < 1.29 is 0 Å². The summed E-state index contributed by atoms with van der Waals surface area (Å²) in [6.07, 6.45) is 5.40. The van der Waals surface area contributed by atoms with Crippen molar-refractivity contribution in [1.82, 2.24) is 0 Å². The molecule has 0 amide bonds. The second-order valence-electron chi connectivity index (χ2n) is 4.17. The normalized spacial score (nSPS) is 13.6. The van der Waals surface area contributed by atoms with Crippen LogP contribution in [0.2, 0.25) is 0 Å². The highest BCUT2D eigenvalue weighted by molar-refractivity contribution is 5.66. The van der Waals surface area contributed by atoms with Gasteiger partial charge in [-0.05, 0) is 36.8 Å². The van der Waals surface area contributed by atoms with Crippen LogP contribution < -0.4 is 0 Å². The van der Waals surface area contributed by atoms with E-state index < -0.39 is 0 Å². The molecule has 0 aliphatic heterocycles. The summed E-state index contributed by atoms with van der Waals surface area (Å²) < 4.78 is 0. The average molecular weight is 202 g/mol. The van der Waals surface area contributed by atoms with Gasteiger partial charge in [-0.1, -0.05) is 39.0 Å². The molecule has 0 aliphatic rings. The van der Waals surface area contributed by atoms with E-state index in [1.54, 1.807) is 0 Å². The molecule has 1 aromatic carbocycles. The van der Waals surface area contributed by atoms with Crippen molar-refractivity contribution in [3.8, 4) is 0 Å². The van der Waals surface area contributed by atoms with Crippen molar-refractivity contribution in [2.45, 2.75) is 27.2 Å². The van der Waals surface area contributed by atoms with Crippen molar-refractivity contribution >= 4 is 11.9 Å². The van der Waals surface area contributed by atoms with Crippen LogP contribution in [0.5, 0.6) is 0 Å². The zero-order chi connectivity index (χ0) is 11.1. The highest BCUT2D eigenvalue weighted by Gasteiger charge is 2.08. The minimum Gasteiger partial charge on any atom is -0.261 e. The molecular formula is C14H20N. The molecule has 1 aromatic rings. The fraction of sp³-hybridized carbons (Fsp3) is 0.429. The first kappa shape index (κ1) is 12.0. The van der Waals surface area contributed by atoms with E-state index in [-0.39, 0.29) is 0 Å². The summed E-state index contributed by atoms with van der Waals surface area (Å²) in [4.78, 5) is 4.50. The van der Waals surface area contributed by atoms with E-state index in [9.17, 15) is 0 Å². The van der Waals surface area contributed by atoms with E-state index in [1.165, 1.54) is 0 Å². The molecule has 1 rings (SSSR count). The first-order valence-corrected chi connectivity index (χ1v) is 5.61. The van der Waals surface area contributed by atoms with Gasteiger partial charge >= 0.3 is 0 Å². The largest absolute Gasteiger partial charge is 0.261 e. The topological polar surface area (TPSA) is 12.4 Å². The number of hydrogen-bond donors (Lipinski definition) is 0. The van der Waals surface area contributed by atoms with Crippen LogP contribution in [0.15, 0.2) is 35.3 Å². The van der Waals surface area contributed by atoms with Gasteiger partial charge in [-0.25, -0.2) is 0 Å². The maximum Gasteiger partial charge on any atom is 0.0625 e. The lowest BCUT2D eigenvalue weighted by atomic mass is 9.93. The zero-order valence-electron chi connectivity index (χ0n) is 9.85. The third-order valence-electron chi connectivity index (χ3n) is 2.54. The Kier molecular flexibility index (Phi) is 5.09. The molecule has 15 heavy (non-hydrogen) atoms. The van der Waals surface area contributed by atoms with Gasteiger partial charge < -0.3 is 0 Å². The number of nitrogens with zero attached hydrogens (tertiary/aromatic N) is 1. The van der Waals surface area contributed by atoms with E-state index in [2.05, 4.69) is 38.4 Å². The number of benzene rings is 1. The summed E-state index contributed by atoms with van der Waals surface area (Å²) in [6.45, 7) is 6.59. The van der Waals surface area contributed by atoms with Crippen molar-refractivity contribution in [2.24, 2.45) is 16.8 Å². The summed E-state index contributed by atoms with van der Waals surface area (Å²) in [5, 5.41) is 0. The maximum absolute atomic E-state index is 4.50. The smallest absolute Gasteiger partial charge is 0.0625 e. The van der Waals surface area contributed by atoms with E-state index in [1.807, 2.05) is 30.3 Å². The van der Waals surface area contributed by atoms with Crippen LogP contribution in [0.1, 0.15) is 27.2 Å². The highest BCUT2D eigenvalue weighted by atomic mass is 14.7. The van der Waals surface area contributed by atoms with Gasteiger partial charge in [0.2, 0.25) is 0 Å². The molecule has 0 heterocycles. The molecule has 0 aliphatic carbocycles. The van der Waals surface area contributed by atoms with Crippen molar-refractivity contribution in [3.05, 3.63) is 36.8 Å². The molecule has 0 saturated carbocycles. The second kappa shape index (κ2) is 6.39. The number of para-hydroxylation sites is 1. The molecule has 81 valence electrons. The van der Waals surface area contributed by atoms with Crippen LogP contribution >= 0.6 is 0 Å². The van der Waals surface area contributed by atoms with Crippen LogP contribution in [0.4, 0.5) is 5.69 Å². The minimum absolute atomic E-state index is 0.551. The molecule has 0 spiro atoms. The van der Waals surface area contributed by atoms with E-state index in [4.69, 9.17) is 0 Å². The molecule has 0 aromatic heterocycles. The molecule has 0 saturated heterocycles. The van der Waals surface area contributed by atoms with Crippen LogP contribution in [-0.4, -0.2) is 6.21 Å². The average Bonchev–Trinajstić information content (AvgIpc) is 2.25. The Hall–Kier alpha value is -1.11. The molecule has 0 bridgehead atoms. The number of hydrogen-bond acceptors (Lipinski definition) is 1. The lowest BCUT2D eigenvalue weighted by molar-refractivity contribution is 0.496. The summed E-state index contributed by atoms with van der Waals surface area (Å²) in [5.41, 5.74) is 1.04. The maximum atomic E-state index is 4.50. The molecule has 0 fully saturated rings. The van der Waals surface area contributed by atoms with Gasteiger partial charge in [0.25, 0.3) is 0 Å². The van der Waals surface area contributed by atoms with E-state index in [0.717, 1.165) is 12.1 Å². The molecule has 0 N–H and O–H groups in total. The quantitative estimate of drug-likeness (QED) is 0.632. The standard InChI is InChI=1S/C14H20N/c1-4-8-13(12(2)3)11-15-14-9-6-5-7-10-14/h4-7,9-13H,8H2,1-3H3. The lowest BCUT2D eigenvalue weighted by Gasteiger charge is -2.14. The first-order valence-electron chi connectivity index (χ1n) is 5.61.